The highest BCUT2D eigenvalue weighted by atomic mass is 79.9. The normalized spacial score (nSPS) is 26.1. The van der Waals surface area contributed by atoms with E-state index in [4.69, 9.17) is 4.99 Å². The molecule has 2 heterocycles. The maximum Gasteiger partial charge on any atom is 0.198 e. The van der Waals surface area contributed by atoms with Crippen molar-refractivity contribution in [2.75, 3.05) is 26.2 Å². The van der Waals surface area contributed by atoms with Gasteiger partial charge >= 0.3 is 0 Å². The van der Waals surface area contributed by atoms with Crippen LogP contribution in [0, 0.1) is 0 Å². The molecule has 118 valence electrons. The first-order valence-electron chi connectivity index (χ1n) is 8.77. The van der Waals surface area contributed by atoms with E-state index in [0.29, 0.717) is 0 Å². The van der Waals surface area contributed by atoms with Crippen molar-refractivity contribution in [2.24, 2.45) is 4.99 Å². The van der Waals surface area contributed by atoms with Crippen LogP contribution in [-0.4, -0.2) is 36.5 Å². The van der Waals surface area contributed by atoms with Gasteiger partial charge in [0.1, 0.15) is 0 Å². The zero-order chi connectivity index (χ0) is 13.4. The fourth-order valence-electron chi connectivity index (χ4n) is 3.84. The summed E-state index contributed by atoms with van der Waals surface area (Å²) in [6, 6.07) is 0. The lowest BCUT2D eigenvalue weighted by Crippen LogP contribution is -3.00. The van der Waals surface area contributed by atoms with Gasteiger partial charge in [0, 0.05) is 19.4 Å². The van der Waals surface area contributed by atoms with Gasteiger partial charge in [-0.15, -0.1) is 0 Å². The first kappa shape index (κ1) is 18.2. The maximum absolute atomic E-state index is 4.90. The average Bonchev–Trinajstić information content (AvgIpc) is 2.65. The number of halogens is 1. The Labute approximate surface area is 136 Å². The molecule has 0 aromatic carbocycles. The fourth-order valence-corrected chi connectivity index (χ4v) is 3.84. The predicted octanol–water partition coefficient (Wildman–Crippen LogP) is 1.54. The molecule has 1 fully saturated rings. The Morgan fingerprint density at radius 3 is 2.50 bits per heavy atom. The SMILES string of the molecule is CCCCCCCC[N+]12CCCCCC1=NCCC2.[Br-]. The van der Waals surface area contributed by atoms with Crippen LogP contribution < -0.4 is 17.0 Å². The van der Waals surface area contributed by atoms with Gasteiger partial charge in [-0.2, -0.15) is 0 Å². The van der Waals surface area contributed by atoms with Crippen LogP contribution in [0.5, 0.6) is 0 Å². The Kier molecular flexibility index (Phi) is 9.03. The molecular formula is C17H33BrN2. The Bertz CT molecular complexity index is 291. The van der Waals surface area contributed by atoms with Gasteiger partial charge in [-0.05, 0) is 32.1 Å². The largest absolute Gasteiger partial charge is 1.00 e. The van der Waals surface area contributed by atoms with Gasteiger partial charge in [-0.3, -0.25) is 4.48 Å². The summed E-state index contributed by atoms with van der Waals surface area (Å²) in [4.78, 5) is 4.90. The number of amidine groups is 1. The minimum Gasteiger partial charge on any atom is -1.00 e. The molecule has 0 saturated carbocycles. The molecule has 1 unspecified atom stereocenters. The molecule has 2 aliphatic heterocycles. The molecular weight excluding hydrogens is 312 g/mol. The van der Waals surface area contributed by atoms with E-state index in [1.807, 2.05) is 0 Å². The summed E-state index contributed by atoms with van der Waals surface area (Å²) in [5, 5.41) is 0. The van der Waals surface area contributed by atoms with Gasteiger partial charge < -0.3 is 17.0 Å². The summed E-state index contributed by atoms with van der Waals surface area (Å²) in [5.74, 6) is 1.57. The highest BCUT2D eigenvalue weighted by molar-refractivity contribution is 5.76. The van der Waals surface area contributed by atoms with Crippen molar-refractivity contribution in [2.45, 2.75) is 77.6 Å². The maximum atomic E-state index is 4.90. The number of fused-ring (bicyclic) bond motifs is 1. The molecule has 0 aromatic heterocycles. The highest BCUT2D eigenvalue weighted by Crippen LogP contribution is 2.25. The van der Waals surface area contributed by atoms with E-state index in [2.05, 4.69) is 6.92 Å². The quantitative estimate of drug-likeness (QED) is 0.490. The summed E-state index contributed by atoms with van der Waals surface area (Å²) in [5.41, 5.74) is 0. The van der Waals surface area contributed by atoms with Crippen molar-refractivity contribution in [1.29, 1.82) is 0 Å². The lowest BCUT2D eigenvalue weighted by Gasteiger charge is -2.40. The summed E-state index contributed by atoms with van der Waals surface area (Å²) in [7, 11) is 0. The van der Waals surface area contributed by atoms with Gasteiger partial charge in [0.2, 0.25) is 0 Å². The number of unbranched alkanes of at least 4 members (excludes halogenated alkanes) is 5. The molecule has 1 saturated heterocycles. The lowest BCUT2D eigenvalue weighted by molar-refractivity contribution is -0.845. The number of quaternary nitrogens is 1. The number of nitrogens with zero attached hydrogens (tertiary/aromatic N) is 2. The molecule has 0 bridgehead atoms. The molecule has 3 heteroatoms. The first-order chi connectivity index (χ1) is 9.37. The van der Waals surface area contributed by atoms with Crippen LogP contribution in [0.2, 0.25) is 0 Å². The van der Waals surface area contributed by atoms with Crippen LogP contribution >= 0.6 is 0 Å². The second-order valence-electron chi connectivity index (χ2n) is 6.55. The summed E-state index contributed by atoms with van der Waals surface area (Å²) < 4.78 is 1.29. The number of hydrogen-bond acceptors (Lipinski definition) is 1. The van der Waals surface area contributed by atoms with Gasteiger partial charge in [0.25, 0.3) is 0 Å². The van der Waals surface area contributed by atoms with Gasteiger partial charge in [-0.1, -0.05) is 32.6 Å². The number of aliphatic imine (C=N–C) groups is 1. The van der Waals surface area contributed by atoms with E-state index in [9.17, 15) is 0 Å². The van der Waals surface area contributed by atoms with Crippen LogP contribution in [0.25, 0.3) is 0 Å². The van der Waals surface area contributed by atoms with Crippen LogP contribution in [0.4, 0.5) is 0 Å². The van der Waals surface area contributed by atoms with Crippen LogP contribution in [0.3, 0.4) is 0 Å². The molecule has 0 amide bonds. The summed E-state index contributed by atoms with van der Waals surface area (Å²) >= 11 is 0. The summed E-state index contributed by atoms with van der Waals surface area (Å²) in [6.45, 7) is 7.55. The molecule has 20 heavy (non-hydrogen) atoms. The zero-order valence-corrected chi connectivity index (χ0v) is 15.0. The third kappa shape index (κ3) is 5.14. The standard InChI is InChI=1S/C17H33N2.BrH/c1-2-3-4-5-6-9-14-19-15-10-7-8-12-17(19)18-13-11-16-19;/h2-16H2,1H3;1H/q+1;/p-1. The zero-order valence-electron chi connectivity index (χ0n) is 13.4. The van der Waals surface area contributed by atoms with Crippen molar-refractivity contribution in [1.82, 2.24) is 0 Å². The second kappa shape index (κ2) is 9.94. The minimum atomic E-state index is 0. The van der Waals surface area contributed by atoms with Crippen molar-refractivity contribution >= 4 is 5.84 Å². The lowest BCUT2D eigenvalue weighted by atomic mass is 10.1. The van der Waals surface area contributed by atoms with Crippen LogP contribution in [-0.2, 0) is 0 Å². The van der Waals surface area contributed by atoms with Gasteiger partial charge in [0.15, 0.2) is 5.84 Å². The molecule has 2 rings (SSSR count). The molecule has 0 N–H and O–H groups in total. The fraction of sp³-hybridized carbons (Fsp3) is 0.941. The summed E-state index contributed by atoms with van der Waals surface area (Å²) in [6.07, 6.45) is 15.4. The van der Waals surface area contributed by atoms with Crippen molar-refractivity contribution in [3.8, 4) is 0 Å². The highest BCUT2D eigenvalue weighted by Gasteiger charge is 2.36. The van der Waals surface area contributed by atoms with Crippen LogP contribution in [0.1, 0.15) is 77.6 Å². The van der Waals surface area contributed by atoms with E-state index >= 15 is 0 Å². The van der Waals surface area contributed by atoms with E-state index in [1.165, 1.54) is 94.7 Å². The predicted molar refractivity (Wildman–Crippen MR) is 83.6 cm³/mol. The van der Waals surface area contributed by atoms with E-state index in [0.717, 1.165) is 6.54 Å². The minimum absolute atomic E-state index is 0. The van der Waals surface area contributed by atoms with E-state index < -0.39 is 0 Å². The van der Waals surface area contributed by atoms with Gasteiger partial charge in [-0.25, -0.2) is 4.99 Å². The Hall–Kier alpha value is 0.110. The number of hydrogen-bond donors (Lipinski definition) is 0. The Balaban J connectivity index is 0.00000200. The third-order valence-electron chi connectivity index (χ3n) is 5.01. The molecule has 1 atom stereocenters. The molecule has 0 radical (unpaired) electrons. The molecule has 2 nitrogen and oxygen atoms in total. The van der Waals surface area contributed by atoms with Gasteiger partial charge in [0.05, 0.1) is 19.6 Å². The molecule has 2 aliphatic rings. The molecule has 0 aliphatic carbocycles. The first-order valence-corrected chi connectivity index (χ1v) is 8.77. The average molecular weight is 345 g/mol. The van der Waals surface area contributed by atoms with Crippen molar-refractivity contribution in [3.05, 3.63) is 0 Å². The molecule has 0 aromatic rings. The van der Waals surface area contributed by atoms with E-state index in [-0.39, 0.29) is 17.0 Å². The monoisotopic (exact) mass is 344 g/mol. The molecule has 0 spiro atoms. The Morgan fingerprint density at radius 2 is 1.65 bits per heavy atom. The third-order valence-corrected chi connectivity index (χ3v) is 5.01. The Morgan fingerprint density at radius 1 is 0.900 bits per heavy atom. The second-order valence-corrected chi connectivity index (χ2v) is 6.55. The van der Waals surface area contributed by atoms with E-state index in [1.54, 1.807) is 5.84 Å². The van der Waals surface area contributed by atoms with Crippen molar-refractivity contribution in [3.63, 3.8) is 0 Å². The smallest absolute Gasteiger partial charge is 0.198 e. The topological polar surface area (TPSA) is 12.4 Å². The van der Waals surface area contributed by atoms with Crippen LogP contribution in [0.15, 0.2) is 4.99 Å². The van der Waals surface area contributed by atoms with Crippen molar-refractivity contribution < 1.29 is 21.5 Å². The number of rotatable bonds is 7.